The Hall–Kier alpha value is -3.34. The number of ether oxygens (including phenoxy) is 3. The lowest BCUT2D eigenvalue weighted by Crippen LogP contribution is -2.40. The van der Waals surface area contributed by atoms with Crippen molar-refractivity contribution in [1.29, 1.82) is 0 Å². The summed E-state index contributed by atoms with van der Waals surface area (Å²) in [7, 11) is 4.21. The second kappa shape index (κ2) is 11.8. The van der Waals surface area contributed by atoms with Crippen LogP contribution >= 0.6 is 23.2 Å². The van der Waals surface area contributed by atoms with Gasteiger partial charge in [0.05, 0.1) is 50.1 Å². The highest BCUT2D eigenvalue weighted by Crippen LogP contribution is 2.34. The van der Waals surface area contributed by atoms with Gasteiger partial charge in [-0.3, -0.25) is 9.69 Å². The molecule has 1 unspecified atom stereocenters. The molecular weight excluding hydrogens is 523 g/mol. The highest BCUT2D eigenvalue weighted by Gasteiger charge is 2.29. The molecule has 4 rings (SSSR count). The van der Waals surface area contributed by atoms with Crippen molar-refractivity contribution in [1.82, 2.24) is 15.0 Å². The van der Waals surface area contributed by atoms with Gasteiger partial charge in [0, 0.05) is 29.3 Å². The first-order valence-corrected chi connectivity index (χ1v) is 12.2. The van der Waals surface area contributed by atoms with Crippen LogP contribution in [0.15, 0.2) is 34.9 Å². The van der Waals surface area contributed by atoms with Crippen molar-refractivity contribution in [2.24, 2.45) is 5.92 Å². The standard InChI is InChI=1S/C25H26Cl2N4O6/c1-34-20-10-17(25(33)36-3)19(11-21(20)35-2)28-24(32)14-5-4-8-31(12-14)13-22-29-23(30-37-22)16-7-6-15(26)9-18(16)27/h6-7,9-11,14H,4-5,8,12-13H2,1-3H3,(H,28,32). The van der Waals surface area contributed by atoms with Crippen LogP contribution in [0.2, 0.25) is 10.0 Å². The van der Waals surface area contributed by atoms with Crippen molar-refractivity contribution in [2.45, 2.75) is 19.4 Å². The smallest absolute Gasteiger partial charge is 0.340 e. The number of anilines is 1. The molecule has 196 valence electrons. The maximum absolute atomic E-state index is 13.2. The van der Waals surface area contributed by atoms with Crippen LogP contribution < -0.4 is 14.8 Å². The van der Waals surface area contributed by atoms with Gasteiger partial charge in [-0.2, -0.15) is 4.98 Å². The number of hydrogen-bond acceptors (Lipinski definition) is 9. The van der Waals surface area contributed by atoms with Gasteiger partial charge in [0.25, 0.3) is 0 Å². The molecule has 1 aromatic heterocycles. The summed E-state index contributed by atoms with van der Waals surface area (Å²) in [5, 5.41) is 7.84. The van der Waals surface area contributed by atoms with Crippen LogP contribution in [-0.2, 0) is 16.1 Å². The molecule has 2 heterocycles. The highest BCUT2D eigenvalue weighted by atomic mass is 35.5. The average Bonchev–Trinajstić information content (AvgIpc) is 3.35. The number of methoxy groups -OCH3 is 3. The number of nitrogens with zero attached hydrogens (tertiary/aromatic N) is 3. The minimum atomic E-state index is -0.602. The van der Waals surface area contributed by atoms with E-state index < -0.39 is 5.97 Å². The number of hydrogen-bond donors (Lipinski definition) is 1. The SMILES string of the molecule is COC(=O)c1cc(OC)c(OC)cc1NC(=O)C1CCCN(Cc2nc(-c3ccc(Cl)cc3Cl)no2)C1. The number of esters is 1. The normalized spacial score (nSPS) is 15.8. The quantitative estimate of drug-likeness (QED) is 0.399. The third kappa shape index (κ3) is 6.15. The van der Waals surface area contributed by atoms with E-state index in [1.54, 1.807) is 24.3 Å². The first-order valence-electron chi connectivity index (χ1n) is 11.5. The Kier molecular flexibility index (Phi) is 8.52. The number of aromatic nitrogens is 2. The Morgan fingerprint density at radius 2 is 1.89 bits per heavy atom. The molecule has 2 aromatic carbocycles. The zero-order valence-electron chi connectivity index (χ0n) is 20.5. The maximum atomic E-state index is 13.2. The Morgan fingerprint density at radius 3 is 2.59 bits per heavy atom. The number of likely N-dealkylation sites (tertiary alicyclic amines) is 1. The summed E-state index contributed by atoms with van der Waals surface area (Å²) in [5.41, 5.74) is 1.07. The van der Waals surface area contributed by atoms with Crippen molar-refractivity contribution >= 4 is 40.8 Å². The molecular formula is C25H26Cl2N4O6. The number of piperidine rings is 1. The van der Waals surface area contributed by atoms with Gasteiger partial charge >= 0.3 is 5.97 Å². The van der Waals surface area contributed by atoms with Crippen molar-refractivity contribution in [3.8, 4) is 22.9 Å². The summed E-state index contributed by atoms with van der Waals surface area (Å²) in [4.78, 5) is 32.1. The zero-order chi connectivity index (χ0) is 26.5. The van der Waals surface area contributed by atoms with Crippen LogP contribution in [0, 0.1) is 5.92 Å². The minimum absolute atomic E-state index is 0.167. The van der Waals surface area contributed by atoms with E-state index in [0.717, 1.165) is 13.0 Å². The highest BCUT2D eigenvalue weighted by molar-refractivity contribution is 6.36. The third-order valence-electron chi connectivity index (χ3n) is 6.06. The zero-order valence-corrected chi connectivity index (χ0v) is 22.1. The summed E-state index contributed by atoms with van der Waals surface area (Å²) >= 11 is 12.2. The Labute approximate surface area is 223 Å². The number of amides is 1. The van der Waals surface area contributed by atoms with Crippen molar-refractivity contribution in [3.63, 3.8) is 0 Å². The second-order valence-corrected chi connectivity index (χ2v) is 9.29. The van der Waals surface area contributed by atoms with Crippen molar-refractivity contribution in [2.75, 3.05) is 39.7 Å². The fourth-order valence-corrected chi connectivity index (χ4v) is 4.69. The lowest BCUT2D eigenvalue weighted by atomic mass is 9.96. The van der Waals surface area contributed by atoms with E-state index in [9.17, 15) is 9.59 Å². The van der Waals surface area contributed by atoms with Crippen LogP contribution in [0.4, 0.5) is 5.69 Å². The molecule has 1 fully saturated rings. The van der Waals surface area contributed by atoms with Gasteiger partial charge in [0.1, 0.15) is 0 Å². The van der Waals surface area contributed by atoms with E-state index in [2.05, 4.69) is 20.4 Å². The minimum Gasteiger partial charge on any atom is -0.493 e. The van der Waals surface area contributed by atoms with Crippen LogP contribution in [0.25, 0.3) is 11.4 Å². The van der Waals surface area contributed by atoms with E-state index in [1.165, 1.54) is 27.4 Å². The third-order valence-corrected chi connectivity index (χ3v) is 6.61. The predicted molar refractivity (Wildman–Crippen MR) is 137 cm³/mol. The molecule has 1 atom stereocenters. The number of benzene rings is 2. The summed E-state index contributed by atoms with van der Waals surface area (Å²) in [6, 6.07) is 8.08. The molecule has 0 saturated carbocycles. The van der Waals surface area contributed by atoms with Gasteiger partial charge in [0.15, 0.2) is 11.5 Å². The molecule has 0 bridgehead atoms. The molecule has 0 radical (unpaired) electrons. The van der Waals surface area contributed by atoms with Crippen LogP contribution in [0.5, 0.6) is 11.5 Å². The molecule has 37 heavy (non-hydrogen) atoms. The van der Waals surface area contributed by atoms with Crippen LogP contribution in [0.3, 0.4) is 0 Å². The molecule has 1 aliphatic rings. The van der Waals surface area contributed by atoms with E-state index in [0.29, 0.717) is 58.3 Å². The average molecular weight is 549 g/mol. The van der Waals surface area contributed by atoms with Gasteiger partial charge in [-0.25, -0.2) is 4.79 Å². The van der Waals surface area contributed by atoms with Gasteiger partial charge in [-0.05, 0) is 37.6 Å². The molecule has 1 N–H and O–H groups in total. The lowest BCUT2D eigenvalue weighted by molar-refractivity contribution is -0.121. The van der Waals surface area contributed by atoms with Crippen LogP contribution in [-0.4, -0.2) is 61.3 Å². The predicted octanol–water partition coefficient (Wildman–Crippen LogP) is 4.70. The van der Waals surface area contributed by atoms with Gasteiger partial charge in [0.2, 0.25) is 17.6 Å². The first kappa shape index (κ1) is 26.7. The summed E-state index contributed by atoms with van der Waals surface area (Å²) < 4.78 is 20.9. The first-order chi connectivity index (χ1) is 17.8. The lowest BCUT2D eigenvalue weighted by Gasteiger charge is -2.31. The molecule has 0 aliphatic carbocycles. The monoisotopic (exact) mass is 548 g/mol. The molecule has 1 saturated heterocycles. The Morgan fingerprint density at radius 1 is 1.14 bits per heavy atom. The molecule has 3 aromatic rings. The molecule has 1 amide bonds. The number of rotatable bonds is 8. The topological polar surface area (TPSA) is 116 Å². The van der Waals surface area contributed by atoms with Gasteiger partial charge in [-0.15, -0.1) is 0 Å². The number of carbonyl (C=O) groups is 2. The van der Waals surface area contributed by atoms with Crippen LogP contribution in [0.1, 0.15) is 29.1 Å². The molecule has 0 spiro atoms. The van der Waals surface area contributed by atoms with Gasteiger partial charge < -0.3 is 24.1 Å². The van der Waals surface area contributed by atoms with Gasteiger partial charge in [-0.1, -0.05) is 28.4 Å². The fourth-order valence-electron chi connectivity index (χ4n) is 4.20. The van der Waals surface area contributed by atoms with E-state index in [1.807, 2.05) is 0 Å². The second-order valence-electron chi connectivity index (χ2n) is 8.44. The van der Waals surface area contributed by atoms with Crippen molar-refractivity contribution in [3.05, 3.63) is 51.8 Å². The largest absolute Gasteiger partial charge is 0.493 e. The summed E-state index contributed by atoms with van der Waals surface area (Å²) in [5.74, 6) is 0.366. The molecule has 10 nitrogen and oxygen atoms in total. The Bertz CT molecular complexity index is 1300. The molecule has 12 heteroatoms. The maximum Gasteiger partial charge on any atom is 0.340 e. The summed E-state index contributed by atoms with van der Waals surface area (Å²) in [6.45, 7) is 1.63. The van der Waals surface area contributed by atoms with E-state index >= 15 is 0 Å². The number of nitrogens with one attached hydrogen (secondary N) is 1. The fraction of sp³-hybridized carbons (Fsp3) is 0.360. The van der Waals surface area contributed by atoms with E-state index in [4.69, 9.17) is 41.9 Å². The summed E-state index contributed by atoms with van der Waals surface area (Å²) in [6.07, 6.45) is 1.50. The molecule has 1 aliphatic heterocycles. The van der Waals surface area contributed by atoms with Crippen molar-refractivity contribution < 1.29 is 28.3 Å². The number of carbonyl (C=O) groups excluding carboxylic acids is 2. The number of halogens is 2. The Balaban J connectivity index is 1.45. The van der Waals surface area contributed by atoms with E-state index in [-0.39, 0.29) is 23.1 Å².